The van der Waals surface area contributed by atoms with Crippen molar-refractivity contribution in [3.05, 3.63) is 59.2 Å². The third kappa shape index (κ3) is 3.43. The molecular formula is C18H19NO4S. The van der Waals surface area contributed by atoms with E-state index < -0.39 is 9.84 Å². The molecule has 0 unspecified atom stereocenters. The van der Waals surface area contributed by atoms with Crippen LogP contribution >= 0.6 is 0 Å². The summed E-state index contributed by atoms with van der Waals surface area (Å²) >= 11 is 0. The molecule has 126 valence electrons. The fraction of sp³-hybridized carbons (Fsp3) is 0.278. The van der Waals surface area contributed by atoms with Gasteiger partial charge in [0.05, 0.1) is 17.8 Å². The first-order valence-corrected chi connectivity index (χ1v) is 9.41. The zero-order chi connectivity index (χ0) is 17.2. The molecule has 1 aliphatic heterocycles. The Hall–Kier alpha value is -2.34. The van der Waals surface area contributed by atoms with Crippen LogP contribution in [0.15, 0.2) is 47.4 Å². The predicted octanol–water partition coefficient (Wildman–Crippen LogP) is 2.35. The number of benzene rings is 2. The molecule has 2 aromatic rings. The summed E-state index contributed by atoms with van der Waals surface area (Å²) in [6.07, 6.45) is 1.40. The molecule has 1 aliphatic rings. The van der Waals surface area contributed by atoms with Crippen molar-refractivity contribution in [2.45, 2.75) is 24.3 Å². The molecule has 0 fully saturated rings. The van der Waals surface area contributed by atoms with Gasteiger partial charge in [-0.05, 0) is 48.2 Å². The lowest BCUT2D eigenvalue weighted by atomic mass is 10.1. The number of fused-ring (bicyclic) bond motifs is 1. The quantitative estimate of drug-likeness (QED) is 0.923. The summed E-state index contributed by atoms with van der Waals surface area (Å²) in [6.45, 7) is 0.351. The number of carbonyl (C=O) groups is 1. The first-order valence-electron chi connectivity index (χ1n) is 7.76. The molecule has 1 N–H and O–H groups in total. The summed E-state index contributed by atoms with van der Waals surface area (Å²) < 4.78 is 29.1. The van der Waals surface area contributed by atoms with Crippen molar-refractivity contribution >= 4 is 15.7 Å². The van der Waals surface area contributed by atoms with Crippen LogP contribution in [0.4, 0.5) is 0 Å². The summed E-state index contributed by atoms with van der Waals surface area (Å²) in [7, 11) is -1.59. The number of aryl methyl sites for hydroxylation is 1. The third-order valence-electron chi connectivity index (χ3n) is 4.10. The van der Waals surface area contributed by atoms with E-state index in [-0.39, 0.29) is 11.7 Å². The van der Waals surface area contributed by atoms with E-state index in [0.717, 1.165) is 17.5 Å². The Kier molecular flexibility index (Phi) is 4.57. The van der Waals surface area contributed by atoms with Crippen molar-refractivity contribution in [1.29, 1.82) is 0 Å². The zero-order valence-electron chi connectivity index (χ0n) is 13.4. The van der Waals surface area contributed by atoms with Gasteiger partial charge in [-0.2, -0.15) is 0 Å². The molecule has 6 heteroatoms. The number of rotatable bonds is 4. The number of nitrogens with one attached hydrogen (secondary N) is 1. The van der Waals surface area contributed by atoms with Gasteiger partial charge >= 0.3 is 0 Å². The Balaban J connectivity index is 1.72. The van der Waals surface area contributed by atoms with E-state index in [0.29, 0.717) is 29.2 Å². The Labute approximate surface area is 141 Å². The second kappa shape index (κ2) is 6.65. The number of sulfone groups is 1. The van der Waals surface area contributed by atoms with Gasteiger partial charge in [0, 0.05) is 12.1 Å². The summed E-state index contributed by atoms with van der Waals surface area (Å²) in [4.78, 5) is 12.6. The minimum atomic E-state index is -3.14. The third-order valence-corrected chi connectivity index (χ3v) is 6.00. The Morgan fingerprint density at radius 1 is 1.21 bits per heavy atom. The predicted molar refractivity (Wildman–Crippen MR) is 91.0 cm³/mol. The number of hydrogen-bond donors (Lipinski definition) is 1. The van der Waals surface area contributed by atoms with Gasteiger partial charge in [-0.1, -0.05) is 18.2 Å². The highest BCUT2D eigenvalue weighted by molar-refractivity contribution is 7.91. The molecule has 0 aliphatic carbocycles. The summed E-state index contributed by atoms with van der Waals surface area (Å²) in [5.74, 6) is 0.646. The lowest BCUT2D eigenvalue weighted by Gasteiger charge is -2.17. The highest BCUT2D eigenvalue weighted by Crippen LogP contribution is 2.25. The molecule has 0 aromatic heterocycles. The molecule has 2 aromatic carbocycles. The van der Waals surface area contributed by atoms with Gasteiger partial charge in [-0.25, -0.2) is 8.42 Å². The molecule has 1 heterocycles. The lowest BCUT2D eigenvalue weighted by molar-refractivity contribution is 0.0950. The second-order valence-electron chi connectivity index (χ2n) is 5.78. The summed E-state index contributed by atoms with van der Waals surface area (Å²) in [6, 6.07) is 12.2. The minimum absolute atomic E-state index is 0.195. The van der Waals surface area contributed by atoms with E-state index in [1.807, 2.05) is 6.07 Å². The number of methoxy groups -OCH3 is 1. The molecule has 5 nitrogen and oxygen atoms in total. The molecule has 0 saturated heterocycles. The van der Waals surface area contributed by atoms with Gasteiger partial charge in [0.1, 0.15) is 5.75 Å². The van der Waals surface area contributed by atoms with E-state index in [2.05, 4.69) is 5.32 Å². The first kappa shape index (κ1) is 16.5. The van der Waals surface area contributed by atoms with Gasteiger partial charge in [0.15, 0.2) is 9.84 Å². The molecule has 0 bridgehead atoms. The second-order valence-corrected chi connectivity index (χ2v) is 7.86. The molecular weight excluding hydrogens is 326 g/mol. The average Bonchev–Trinajstić information content (AvgIpc) is 2.59. The highest BCUT2D eigenvalue weighted by atomic mass is 32.2. The number of amides is 1. The van der Waals surface area contributed by atoms with E-state index in [9.17, 15) is 13.2 Å². The van der Waals surface area contributed by atoms with Crippen molar-refractivity contribution in [1.82, 2.24) is 5.32 Å². The van der Waals surface area contributed by atoms with E-state index in [1.165, 1.54) is 0 Å². The maximum absolute atomic E-state index is 12.2. The van der Waals surface area contributed by atoms with Crippen LogP contribution in [-0.4, -0.2) is 27.2 Å². The fourth-order valence-electron chi connectivity index (χ4n) is 2.85. The van der Waals surface area contributed by atoms with Crippen LogP contribution < -0.4 is 10.1 Å². The van der Waals surface area contributed by atoms with Crippen LogP contribution in [0.1, 0.15) is 27.9 Å². The summed E-state index contributed by atoms with van der Waals surface area (Å²) in [5.41, 5.74) is 2.26. The SMILES string of the molecule is COc1cccc(C(=O)NCc2ccc3c(c2)CCCS3(=O)=O)c1. The van der Waals surface area contributed by atoms with Crippen LogP contribution in [0.3, 0.4) is 0 Å². The number of ether oxygens (including phenoxy) is 1. The largest absolute Gasteiger partial charge is 0.497 e. The standard InChI is InChI=1S/C18H19NO4S/c1-23-16-6-2-4-15(11-16)18(20)19-12-13-7-8-17-14(10-13)5-3-9-24(17,21)22/h2,4,6-8,10-11H,3,5,9,12H2,1H3,(H,19,20). The normalized spacial score (nSPS) is 15.4. The van der Waals surface area contributed by atoms with Crippen LogP contribution in [0.2, 0.25) is 0 Å². The molecule has 0 saturated carbocycles. The molecule has 24 heavy (non-hydrogen) atoms. The smallest absolute Gasteiger partial charge is 0.251 e. The number of hydrogen-bond acceptors (Lipinski definition) is 4. The molecule has 3 rings (SSSR count). The average molecular weight is 345 g/mol. The topological polar surface area (TPSA) is 72.5 Å². The number of carbonyl (C=O) groups excluding carboxylic acids is 1. The van der Waals surface area contributed by atoms with Crippen molar-refractivity contribution in [2.75, 3.05) is 12.9 Å². The first-order chi connectivity index (χ1) is 11.5. The van der Waals surface area contributed by atoms with Crippen molar-refractivity contribution < 1.29 is 17.9 Å². The van der Waals surface area contributed by atoms with Crippen LogP contribution in [0.25, 0.3) is 0 Å². The van der Waals surface area contributed by atoms with Gasteiger partial charge < -0.3 is 10.1 Å². The van der Waals surface area contributed by atoms with Crippen molar-refractivity contribution in [2.24, 2.45) is 0 Å². The van der Waals surface area contributed by atoms with Gasteiger partial charge in [-0.15, -0.1) is 0 Å². The molecule has 1 amide bonds. The molecule has 0 atom stereocenters. The van der Waals surface area contributed by atoms with Crippen molar-refractivity contribution in [3.8, 4) is 5.75 Å². The van der Waals surface area contributed by atoms with Gasteiger partial charge in [0.25, 0.3) is 5.91 Å². The van der Waals surface area contributed by atoms with Crippen molar-refractivity contribution in [3.63, 3.8) is 0 Å². The molecule has 0 radical (unpaired) electrons. The van der Waals surface area contributed by atoms with Crippen LogP contribution in [0, 0.1) is 0 Å². The maximum atomic E-state index is 12.2. The van der Waals surface area contributed by atoms with E-state index >= 15 is 0 Å². The van der Waals surface area contributed by atoms with Gasteiger partial charge in [0.2, 0.25) is 0 Å². The molecule has 0 spiro atoms. The van der Waals surface area contributed by atoms with Crippen LogP contribution in [0.5, 0.6) is 5.75 Å². The Morgan fingerprint density at radius 3 is 2.83 bits per heavy atom. The lowest BCUT2D eigenvalue weighted by Crippen LogP contribution is -2.23. The minimum Gasteiger partial charge on any atom is -0.497 e. The maximum Gasteiger partial charge on any atom is 0.251 e. The van der Waals surface area contributed by atoms with E-state index in [1.54, 1.807) is 43.5 Å². The van der Waals surface area contributed by atoms with Gasteiger partial charge in [-0.3, -0.25) is 4.79 Å². The Bertz CT molecular complexity index is 874. The monoisotopic (exact) mass is 345 g/mol. The van der Waals surface area contributed by atoms with E-state index in [4.69, 9.17) is 4.74 Å². The Morgan fingerprint density at radius 2 is 2.04 bits per heavy atom. The zero-order valence-corrected chi connectivity index (χ0v) is 14.2. The summed E-state index contributed by atoms with van der Waals surface area (Å²) in [5, 5.41) is 2.85. The highest BCUT2D eigenvalue weighted by Gasteiger charge is 2.23. The fourth-order valence-corrected chi connectivity index (χ4v) is 4.43. The van der Waals surface area contributed by atoms with Crippen LogP contribution in [-0.2, 0) is 22.8 Å².